The monoisotopic (exact) mass is 278 g/mol. The molecule has 1 aliphatic heterocycles. The summed E-state index contributed by atoms with van der Waals surface area (Å²) in [4.78, 5) is 15.6. The Balaban J connectivity index is 2.44. The van der Waals surface area contributed by atoms with Crippen LogP contribution < -0.4 is 5.56 Å². The van der Waals surface area contributed by atoms with Crippen molar-refractivity contribution in [1.29, 1.82) is 0 Å². The summed E-state index contributed by atoms with van der Waals surface area (Å²) in [7, 11) is 0. The molecule has 0 radical (unpaired) electrons. The van der Waals surface area contributed by atoms with Crippen LogP contribution >= 0.6 is 27.5 Å². The van der Waals surface area contributed by atoms with Crippen molar-refractivity contribution in [2.75, 3.05) is 13.2 Å². The van der Waals surface area contributed by atoms with Crippen molar-refractivity contribution in [3.05, 3.63) is 26.3 Å². The van der Waals surface area contributed by atoms with Crippen LogP contribution in [0.1, 0.15) is 12.5 Å². The van der Waals surface area contributed by atoms with E-state index < -0.39 is 0 Å². The van der Waals surface area contributed by atoms with Gasteiger partial charge in [0.15, 0.2) is 5.15 Å². The van der Waals surface area contributed by atoms with Crippen LogP contribution in [0, 0.1) is 0 Å². The predicted molar refractivity (Wildman–Crippen MR) is 55.7 cm³/mol. The number of halogens is 2. The van der Waals surface area contributed by atoms with E-state index in [4.69, 9.17) is 16.3 Å². The van der Waals surface area contributed by atoms with Gasteiger partial charge in [0.1, 0.15) is 4.47 Å². The molecular weight excluding hydrogens is 271 g/mol. The molecule has 0 aromatic carbocycles. The zero-order valence-electron chi connectivity index (χ0n) is 7.24. The van der Waals surface area contributed by atoms with Crippen LogP contribution in [0.5, 0.6) is 0 Å². The fourth-order valence-corrected chi connectivity index (χ4v) is 1.86. The van der Waals surface area contributed by atoms with Gasteiger partial charge in [-0.3, -0.25) is 9.36 Å². The highest BCUT2D eigenvalue weighted by Crippen LogP contribution is 2.19. The van der Waals surface area contributed by atoms with Gasteiger partial charge in [0, 0.05) is 6.61 Å². The summed E-state index contributed by atoms with van der Waals surface area (Å²) in [6.07, 6.45) is 2.31. The Morgan fingerprint density at radius 1 is 1.71 bits per heavy atom. The lowest BCUT2D eigenvalue weighted by atomic mass is 10.2. The first-order valence-electron chi connectivity index (χ1n) is 4.20. The molecule has 2 rings (SSSR count). The molecule has 2 heterocycles. The molecule has 1 saturated heterocycles. The minimum absolute atomic E-state index is 0.0866. The van der Waals surface area contributed by atoms with Gasteiger partial charge < -0.3 is 4.74 Å². The van der Waals surface area contributed by atoms with E-state index in [9.17, 15) is 4.79 Å². The first-order valence-corrected chi connectivity index (χ1v) is 5.37. The fourth-order valence-electron chi connectivity index (χ4n) is 1.43. The molecule has 0 aliphatic carbocycles. The predicted octanol–water partition coefficient (Wildman–Crippen LogP) is 1.62. The molecular formula is C8H8BrClN2O2. The van der Waals surface area contributed by atoms with Gasteiger partial charge in [0.2, 0.25) is 0 Å². The molecule has 0 amide bonds. The summed E-state index contributed by atoms with van der Waals surface area (Å²) in [5.74, 6) is 0. The average Bonchev–Trinajstić information content (AvgIpc) is 2.67. The molecule has 1 aromatic rings. The largest absolute Gasteiger partial charge is 0.379 e. The molecule has 0 saturated carbocycles. The quantitative estimate of drug-likeness (QED) is 0.734. The SMILES string of the molecule is O=c1c(Br)c(Cl)ncn1C1CCOC1. The number of hydrogen-bond acceptors (Lipinski definition) is 3. The van der Waals surface area contributed by atoms with Crippen molar-refractivity contribution in [1.82, 2.24) is 9.55 Å². The highest BCUT2D eigenvalue weighted by atomic mass is 79.9. The number of ether oxygens (including phenoxy) is 1. The second kappa shape index (κ2) is 4.00. The van der Waals surface area contributed by atoms with Crippen molar-refractivity contribution in [3.63, 3.8) is 0 Å². The highest BCUT2D eigenvalue weighted by molar-refractivity contribution is 9.10. The molecule has 14 heavy (non-hydrogen) atoms. The lowest BCUT2D eigenvalue weighted by molar-refractivity contribution is 0.186. The van der Waals surface area contributed by atoms with E-state index in [1.165, 1.54) is 6.33 Å². The fraction of sp³-hybridized carbons (Fsp3) is 0.500. The summed E-state index contributed by atoms with van der Waals surface area (Å²) < 4.78 is 7.07. The molecule has 1 fully saturated rings. The average molecular weight is 280 g/mol. The molecule has 0 spiro atoms. The summed E-state index contributed by atoms with van der Waals surface area (Å²) in [6.45, 7) is 1.26. The van der Waals surface area contributed by atoms with Crippen LogP contribution in [-0.4, -0.2) is 22.8 Å². The van der Waals surface area contributed by atoms with Crippen molar-refractivity contribution >= 4 is 27.5 Å². The van der Waals surface area contributed by atoms with Gasteiger partial charge in [-0.15, -0.1) is 0 Å². The zero-order valence-corrected chi connectivity index (χ0v) is 9.58. The Kier molecular flexibility index (Phi) is 2.90. The third-order valence-electron chi connectivity index (χ3n) is 2.20. The van der Waals surface area contributed by atoms with Gasteiger partial charge in [-0.25, -0.2) is 4.98 Å². The Labute approximate surface area is 94.0 Å². The molecule has 6 heteroatoms. The van der Waals surface area contributed by atoms with Crippen LogP contribution in [0.2, 0.25) is 5.15 Å². The first-order chi connectivity index (χ1) is 6.70. The summed E-state index contributed by atoms with van der Waals surface area (Å²) >= 11 is 8.80. The maximum atomic E-state index is 11.7. The molecule has 1 aliphatic rings. The summed E-state index contributed by atoms with van der Waals surface area (Å²) in [5.41, 5.74) is -0.152. The van der Waals surface area contributed by atoms with Crippen LogP contribution in [0.15, 0.2) is 15.6 Å². The van der Waals surface area contributed by atoms with Gasteiger partial charge in [0.05, 0.1) is 19.0 Å². The Morgan fingerprint density at radius 3 is 3.14 bits per heavy atom. The lowest BCUT2D eigenvalue weighted by Crippen LogP contribution is -2.26. The van der Waals surface area contributed by atoms with Crippen molar-refractivity contribution in [3.8, 4) is 0 Å². The van der Waals surface area contributed by atoms with E-state index in [0.29, 0.717) is 17.7 Å². The molecule has 76 valence electrons. The minimum atomic E-state index is -0.152. The Hall–Kier alpha value is -0.390. The first kappa shape index (κ1) is 10.1. The Morgan fingerprint density at radius 2 is 2.50 bits per heavy atom. The molecule has 1 unspecified atom stereocenters. The van der Waals surface area contributed by atoms with E-state index in [1.807, 2.05) is 0 Å². The van der Waals surface area contributed by atoms with Crippen LogP contribution in [0.4, 0.5) is 0 Å². The topological polar surface area (TPSA) is 44.1 Å². The van der Waals surface area contributed by atoms with Gasteiger partial charge in [-0.05, 0) is 22.4 Å². The van der Waals surface area contributed by atoms with E-state index in [1.54, 1.807) is 4.57 Å². The second-order valence-electron chi connectivity index (χ2n) is 3.08. The molecule has 0 N–H and O–H groups in total. The summed E-state index contributed by atoms with van der Waals surface area (Å²) in [6, 6.07) is 0.0866. The van der Waals surface area contributed by atoms with Gasteiger partial charge >= 0.3 is 0 Å². The number of aromatic nitrogens is 2. The standard InChI is InChI=1S/C8H8BrClN2O2/c9-6-7(10)11-4-12(8(6)13)5-1-2-14-3-5/h4-5H,1-3H2. The van der Waals surface area contributed by atoms with Crippen LogP contribution in [0.25, 0.3) is 0 Å². The maximum absolute atomic E-state index is 11.7. The smallest absolute Gasteiger partial charge is 0.269 e. The zero-order chi connectivity index (χ0) is 10.1. The minimum Gasteiger partial charge on any atom is -0.379 e. The molecule has 0 bridgehead atoms. The number of hydrogen-bond donors (Lipinski definition) is 0. The third kappa shape index (κ3) is 1.71. The highest BCUT2D eigenvalue weighted by Gasteiger charge is 2.20. The van der Waals surface area contributed by atoms with E-state index in [0.717, 1.165) is 6.42 Å². The van der Waals surface area contributed by atoms with Crippen molar-refractivity contribution in [2.24, 2.45) is 0 Å². The molecule has 4 nitrogen and oxygen atoms in total. The van der Waals surface area contributed by atoms with Crippen molar-refractivity contribution in [2.45, 2.75) is 12.5 Å². The van der Waals surface area contributed by atoms with Gasteiger partial charge in [-0.1, -0.05) is 11.6 Å². The van der Waals surface area contributed by atoms with Gasteiger partial charge in [-0.2, -0.15) is 0 Å². The van der Waals surface area contributed by atoms with Crippen molar-refractivity contribution < 1.29 is 4.74 Å². The van der Waals surface area contributed by atoms with Crippen LogP contribution in [0.3, 0.4) is 0 Å². The van der Waals surface area contributed by atoms with E-state index >= 15 is 0 Å². The number of nitrogens with zero attached hydrogens (tertiary/aromatic N) is 2. The second-order valence-corrected chi connectivity index (χ2v) is 4.23. The third-order valence-corrected chi connectivity index (χ3v) is 3.43. The van der Waals surface area contributed by atoms with Crippen LogP contribution in [-0.2, 0) is 4.74 Å². The molecule has 1 atom stereocenters. The Bertz CT molecular complexity index is 401. The maximum Gasteiger partial charge on any atom is 0.269 e. The molecule has 1 aromatic heterocycles. The van der Waals surface area contributed by atoms with E-state index in [2.05, 4.69) is 20.9 Å². The lowest BCUT2D eigenvalue weighted by Gasteiger charge is -2.11. The normalized spacial score (nSPS) is 21.4. The number of rotatable bonds is 1. The van der Waals surface area contributed by atoms with E-state index in [-0.39, 0.29) is 16.8 Å². The van der Waals surface area contributed by atoms with Gasteiger partial charge in [0.25, 0.3) is 5.56 Å². The summed E-state index contributed by atoms with van der Waals surface area (Å²) in [5, 5.41) is 0.199.